The number of hydrogen-bond acceptors (Lipinski definition) is 3. The molecule has 2 N–H and O–H groups in total. The van der Waals surface area contributed by atoms with Crippen molar-refractivity contribution in [1.29, 1.82) is 0 Å². The van der Waals surface area contributed by atoms with Gasteiger partial charge in [0.25, 0.3) is 0 Å². The first-order valence-electron chi connectivity index (χ1n) is 3.97. The summed E-state index contributed by atoms with van der Waals surface area (Å²) in [5, 5.41) is 0. The van der Waals surface area contributed by atoms with Crippen LogP contribution in [-0.2, 0) is 0 Å². The fraction of sp³-hybridized carbons (Fsp3) is 0.222. The molecule has 0 fully saturated rings. The molecule has 0 aliphatic carbocycles. The van der Waals surface area contributed by atoms with Gasteiger partial charge in [-0.25, -0.2) is 4.39 Å². The molecule has 0 atom stereocenters. The Bertz CT molecular complexity index is 393. The van der Waals surface area contributed by atoms with Crippen molar-refractivity contribution in [3.05, 3.63) is 23.5 Å². The molecule has 0 bridgehead atoms. The summed E-state index contributed by atoms with van der Waals surface area (Å²) in [5.41, 5.74) is 4.89. The van der Waals surface area contributed by atoms with Crippen LogP contribution in [0.4, 0.5) is 18.9 Å². The molecule has 0 heterocycles. The third kappa shape index (κ3) is 2.39. The van der Waals surface area contributed by atoms with E-state index in [0.717, 1.165) is 19.1 Å². The SMILES string of the molecule is CC(=O)c1c(N)ccc(F)c1OC(F)F. The quantitative estimate of drug-likeness (QED) is 0.626. The van der Waals surface area contributed by atoms with Crippen LogP contribution < -0.4 is 10.5 Å². The van der Waals surface area contributed by atoms with Crippen molar-refractivity contribution in [2.24, 2.45) is 0 Å². The number of ketones is 1. The molecule has 1 aromatic carbocycles. The molecule has 82 valence electrons. The van der Waals surface area contributed by atoms with Crippen LogP contribution in [0, 0.1) is 5.82 Å². The summed E-state index contributed by atoms with van der Waals surface area (Å²) in [7, 11) is 0. The molecule has 0 aliphatic heterocycles. The lowest BCUT2D eigenvalue weighted by atomic mass is 10.1. The Morgan fingerprint density at radius 3 is 2.53 bits per heavy atom. The van der Waals surface area contributed by atoms with Crippen LogP contribution in [0.25, 0.3) is 0 Å². The Morgan fingerprint density at radius 2 is 2.07 bits per heavy atom. The number of alkyl halides is 2. The van der Waals surface area contributed by atoms with Crippen molar-refractivity contribution >= 4 is 11.5 Å². The maximum atomic E-state index is 13.1. The van der Waals surface area contributed by atoms with Crippen LogP contribution >= 0.6 is 0 Å². The monoisotopic (exact) mass is 219 g/mol. The predicted octanol–water partition coefficient (Wildman–Crippen LogP) is 2.21. The average Bonchev–Trinajstić information content (AvgIpc) is 2.10. The maximum absolute atomic E-state index is 13.1. The van der Waals surface area contributed by atoms with Gasteiger partial charge in [-0.05, 0) is 19.1 Å². The van der Waals surface area contributed by atoms with E-state index in [-0.39, 0.29) is 11.3 Å². The van der Waals surface area contributed by atoms with E-state index in [2.05, 4.69) is 4.74 Å². The van der Waals surface area contributed by atoms with Gasteiger partial charge in [-0.2, -0.15) is 8.78 Å². The van der Waals surface area contributed by atoms with E-state index >= 15 is 0 Å². The van der Waals surface area contributed by atoms with Gasteiger partial charge in [-0.1, -0.05) is 0 Å². The first-order valence-corrected chi connectivity index (χ1v) is 3.97. The zero-order valence-corrected chi connectivity index (χ0v) is 7.76. The summed E-state index contributed by atoms with van der Waals surface area (Å²) < 4.78 is 40.9. The lowest BCUT2D eigenvalue weighted by Gasteiger charge is -2.11. The zero-order chi connectivity index (χ0) is 11.6. The molecule has 0 unspecified atom stereocenters. The van der Waals surface area contributed by atoms with Gasteiger partial charge in [0.2, 0.25) is 0 Å². The fourth-order valence-corrected chi connectivity index (χ4v) is 1.14. The number of benzene rings is 1. The van der Waals surface area contributed by atoms with Crippen molar-refractivity contribution in [3.63, 3.8) is 0 Å². The molecule has 0 saturated carbocycles. The molecule has 6 heteroatoms. The van der Waals surface area contributed by atoms with Gasteiger partial charge in [0.05, 0.1) is 5.56 Å². The molecule has 1 aromatic rings. The molecular formula is C9H8F3NO2. The van der Waals surface area contributed by atoms with E-state index in [1.165, 1.54) is 0 Å². The van der Waals surface area contributed by atoms with Crippen molar-refractivity contribution in [2.45, 2.75) is 13.5 Å². The standard InChI is InChI=1S/C9H8F3NO2/c1-4(14)7-6(13)3-2-5(10)8(7)15-9(11)12/h2-3,9H,13H2,1H3. The minimum Gasteiger partial charge on any atom is -0.431 e. The Morgan fingerprint density at radius 1 is 1.47 bits per heavy atom. The van der Waals surface area contributed by atoms with E-state index in [9.17, 15) is 18.0 Å². The van der Waals surface area contributed by atoms with Crippen LogP contribution in [-0.4, -0.2) is 12.4 Å². The zero-order valence-electron chi connectivity index (χ0n) is 7.76. The first-order chi connectivity index (χ1) is 6.93. The largest absolute Gasteiger partial charge is 0.431 e. The summed E-state index contributed by atoms with van der Waals surface area (Å²) in [6.07, 6.45) is 0. The number of nitrogen functional groups attached to an aromatic ring is 1. The highest BCUT2D eigenvalue weighted by Crippen LogP contribution is 2.29. The highest BCUT2D eigenvalue weighted by Gasteiger charge is 2.20. The van der Waals surface area contributed by atoms with Crippen LogP contribution in [0.15, 0.2) is 12.1 Å². The summed E-state index contributed by atoms with van der Waals surface area (Å²) in [6.45, 7) is -2.12. The van der Waals surface area contributed by atoms with Crippen LogP contribution in [0.2, 0.25) is 0 Å². The topological polar surface area (TPSA) is 52.3 Å². The molecule has 0 radical (unpaired) electrons. The molecule has 1 rings (SSSR count). The second-order valence-corrected chi connectivity index (χ2v) is 2.78. The van der Waals surface area contributed by atoms with Gasteiger partial charge < -0.3 is 10.5 Å². The molecule has 15 heavy (non-hydrogen) atoms. The number of nitrogens with two attached hydrogens (primary N) is 1. The summed E-state index contributed by atoms with van der Waals surface area (Å²) >= 11 is 0. The highest BCUT2D eigenvalue weighted by atomic mass is 19.3. The minimum absolute atomic E-state index is 0.0976. The van der Waals surface area contributed by atoms with Gasteiger partial charge in [0.15, 0.2) is 17.3 Å². The molecule has 3 nitrogen and oxygen atoms in total. The third-order valence-electron chi connectivity index (χ3n) is 1.70. The Labute approximate surface area is 83.6 Å². The molecule has 0 saturated heterocycles. The third-order valence-corrected chi connectivity index (χ3v) is 1.70. The van der Waals surface area contributed by atoms with E-state index in [1.54, 1.807) is 0 Å². The Balaban J connectivity index is 3.31. The van der Waals surface area contributed by atoms with Crippen molar-refractivity contribution in [1.82, 2.24) is 0 Å². The van der Waals surface area contributed by atoms with E-state index in [4.69, 9.17) is 5.73 Å². The number of ether oxygens (including phenoxy) is 1. The Hall–Kier alpha value is -1.72. The lowest BCUT2D eigenvalue weighted by Crippen LogP contribution is -2.10. The second kappa shape index (κ2) is 4.20. The maximum Gasteiger partial charge on any atom is 0.387 e. The van der Waals surface area contributed by atoms with Crippen LogP contribution in [0.1, 0.15) is 17.3 Å². The van der Waals surface area contributed by atoms with Crippen molar-refractivity contribution < 1.29 is 22.7 Å². The van der Waals surface area contributed by atoms with Crippen LogP contribution in [0.5, 0.6) is 5.75 Å². The summed E-state index contributed by atoms with van der Waals surface area (Å²) in [4.78, 5) is 11.0. The van der Waals surface area contributed by atoms with E-state index in [0.29, 0.717) is 0 Å². The number of carbonyl (C=O) groups is 1. The van der Waals surface area contributed by atoms with Gasteiger partial charge in [0.1, 0.15) is 0 Å². The van der Waals surface area contributed by atoms with Crippen LogP contribution in [0.3, 0.4) is 0 Å². The predicted molar refractivity (Wildman–Crippen MR) is 47.4 cm³/mol. The fourth-order valence-electron chi connectivity index (χ4n) is 1.14. The lowest BCUT2D eigenvalue weighted by molar-refractivity contribution is -0.0524. The van der Waals surface area contributed by atoms with Crippen molar-refractivity contribution in [3.8, 4) is 5.75 Å². The van der Waals surface area contributed by atoms with Gasteiger partial charge >= 0.3 is 6.61 Å². The molecular weight excluding hydrogens is 211 g/mol. The Kier molecular flexibility index (Phi) is 3.18. The van der Waals surface area contributed by atoms with Gasteiger partial charge in [0, 0.05) is 5.69 Å². The van der Waals surface area contributed by atoms with Gasteiger partial charge in [-0.3, -0.25) is 4.79 Å². The second-order valence-electron chi connectivity index (χ2n) is 2.78. The number of anilines is 1. The average molecular weight is 219 g/mol. The smallest absolute Gasteiger partial charge is 0.387 e. The van der Waals surface area contributed by atoms with Gasteiger partial charge in [-0.15, -0.1) is 0 Å². The number of hydrogen-bond donors (Lipinski definition) is 1. The molecule has 0 amide bonds. The number of halogens is 3. The van der Waals surface area contributed by atoms with E-state index < -0.39 is 24.0 Å². The molecule has 0 spiro atoms. The summed E-state index contributed by atoms with van der Waals surface area (Å²) in [5.74, 6) is -2.49. The number of carbonyl (C=O) groups excluding carboxylic acids is 1. The number of rotatable bonds is 3. The molecule has 0 aliphatic rings. The first kappa shape index (κ1) is 11.4. The minimum atomic E-state index is -3.21. The van der Waals surface area contributed by atoms with Crippen molar-refractivity contribution in [2.75, 3.05) is 5.73 Å². The molecule has 0 aromatic heterocycles. The number of Topliss-reactive ketones (excluding diaryl/α,β-unsaturated/α-hetero) is 1. The summed E-state index contributed by atoms with van der Waals surface area (Å²) in [6, 6.07) is 1.98. The van der Waals surface area contributed by atoms with E-state index in [1.807, 2.05) is 0 Å². The normalized spacial score (nSPS) is 10.5. The highest BCUT2D eigenvalue weighted by molar-refractivity contribution is 6.01.